The van der Waals surface area contributed by atoms with Crippen LogP contribution < -0.4 is 5.32 Å². The number of carbonyl (C=O) groups is 1. The molecule has 0 spiro atoms. The average Bonchev–Trinajstić information content (AvgIpc) is 3.22. The summed E-state index contributed by atoms with van der Waals surface area (Å²) in [6.07, 6.45) is 2.73. The van der Waals surface area contributed by atoms with Gasteiger partial charge in [-0.25, -0.2) is 17.2 Å². The molecule has 3 aromatic rings. The van der Waals surface area contributed by atoms with Gasteiger partial charge in [0.15, 0.2) is 11.6 Å². The van der Waals surface area contributed by atoms with Crippen molar-refractivity contribution in [3.05, 3.63) is 71.3 Å². The van der Waals surface area contributed by atoms with Crippen molar-refractivity contribution in [1.29, 1.82) is 0 Å². The number of sulfonamides is 1. The fourth-order valence-electron chi connectivity index (χ4n) is 4.74. The van der Waals surface area contributed by atoms with Gasteiger partial charge in [0.1, 0.15) is 0 Å². The van der Waals surface area contributed by atoms with Gasteiger partial charge in [-0.2, -0.15) is 4.31 Å². The number of amides is 1. The first-order valence-electron chi connectivity index (χ1n) is 10.6. The van der Waals surface area contributed by atoms with Crippen molar-refractivity contribution in [3.8, 4) is 0 Å². The standard InChI is InChI=1S/C24H22F2N2O3S/c25-20-8-7-18(14-21(20)26)32(30,31)28-12-10-17(11-13-28)24(29)27-22-9-6-16-5-4-15-2-1-3-19(22)23(15)16/h1-3,6-9,14,17H,4-5,10-13H2,(H,27,29). The van der Waals surface area contributed by atoms with Crippen molar-refractivity contribution in [2.45, 2.75) is 30.6 Å². The summed E-state index contributed by atoms with van der Waals surface area (Å²) < 4.78 is 53.4. The van der Waals surface area contributed by atoms with Crippen LogP contribution >= 0.6 is 0 Å². The SMILES string of the molecule is O=C(Nc1ccc2c3c(cccc13)CC2)C1CCN(S(=O)(=O)c2ccc(F)c(F)c2)CC1. The molecule has 8 heteroatoms. The zero-order chi connectivity index (χ0) is 22.5. The molecule has 1 fully saturated rings. The molecule has 0 radical (unpaired) electrons. The lowest BCUT2D eigenvalue weighted by molar-refractivity contribution is -0.120. The molecule has 2 aliphatic rings. The number of anilines is 1. The van der Waals surface area contributed by atoms with Crippen LogP contribution in [0.15, 0.2) is 53.4 Å². The van der Waals surface area contributed by atoms with Crippen LogP contribution in [0.5, 0.6) is 0 Å². The minimum absolute atomic E-state index is 0.131. The van der Waals surface area contributed by atoms with Gasteiger partial charge in [-0.1, -0.05) is 24.3 Å². The third kappa shape index (κ3) is 3.57. The lowest BCUT2D eigenvalue weighted by atomic mass is 9.96. The first-order valence-corrected chi connectivity index (χ1v) is 12.1. The predicted molar refractivity (Wildman–Crippen MR) is 118 cm³/mol. The quantitative estimate of drug-likeness (QED) is 0.638. The number of nitrogens with zero attached hydrogens (tertiary/aromatic N) is 1. The van der Waals surface area contributed by atoms with Crippen molar-refractivity contribution in [2.24, 2.45) is 5.92 Å². The molecule has 5 rings (SSSR count). The number of rotatable bonds is 4. The van der Waals surface area contributed by atoms with Gasteiger partial charge in [0, 0.05) is 30.1 Å². The number of piperidine rings is 1. The third-order valence-corrected chi connectivity index (χ3v) is 8.38. The molecule has 1 saturated heterocycles. The Balaban J connectivity index is 1.28. The lowest BCUT2D eigenvalue weighted by Gasteiger charge is -2.30. The smallest absolute Gasteiger partial charge is 0.243 e. The summed E-state index contributed by atoms with van der Waals surface area (Å²) in [5, 5.41) is 5.29. The number of benzene rings is 3. The summed E-state index contributed by atoms with van der Waals surface area (Å²) in [4.78, 5) is 12.6. The fraction of sp³-hybridized carbons (Fsp3) is 0.292. The van der Waals surface area contributed by atoms with Crippen LogP contribution in [0.2, 0.25) is 0 Å². The first-order chi connectivity index (χ1) is 15.3. The maximum absolute atomic E-state index is 13.5. The molecule has 0 saturated carbocycles. The van der Waals surface area contributed by atoms with E-state index < -0.39 is 21.7 Å². The van der Waals surface area contributed by atoms with E-state index in [0.717, 1.165) is 36.0 Å². The number of hydrogen-bond acceptors (Lipinski definition) is 3. The van der Waals surface area contributed by atoms with Gasteiger partial charge in [0.25, 0.3) is 0 Å². The maximum atomic E-state index is 13.5. The van der Waals surface area contributed by atoms with Crippen molar-refractivity contribution in [2.75, 3.05) is 18.4 Å². The molecule has 5 nitrogen and oxygen atoms in total. The van der Waals surface area contributed by atoms with Crippen LogP contribution in [0, 0.1) is 17.6 Å². The van der Waals surface area contributed by atoms with E-state index in [9.17, 15) is 22.0 Å². The van der Waals surface area contributed by atoms with Crippen LogP contribution in [0.3, 0.4) is 0 Å². The van der Waals surface area contributed by atoms with E-state index in [0.29, 0.717) is 18.9 Å². The Hall–Kier alpha value is -2.84. The highest BCUT2D eigenvalue weighted by atomic mass is 32.2. The van der Waals surface area contributed by atoms with E-state index in [1.54, 1.807) is 0 Å². The summed E-state index contributed by atoms with van der Waals surface area (Å²) >= 11 is 0. The number of carbonyl (C=O) groups excluding carboxylic acids is 1. The number of hydrogen-bond donors (Lipinski definition) is 1. The van der Waals surface area contributed by atoms with Crippen LogP contribution in [-0.4, -0.2) is 31.7 Å². The van der Waals surface area contributed by atoms with Crippen LogP contribution in [0.1, 0.15) is 24.0 Å². The van der Waals surface area contributed by atoms with E-state index in [1.807, 2.05) is 18.2 Å². The molecule has 0 unspecified atom stereocenters. The van der Waals surface area contributed by atoms with Gasteiger partial charge in [0.2, 0.25) is 15.9 Å². The Bertz CT molecular complexity index is 1320. The van der Waals surface area contributed by atoms with Gasteiger partial charge >= 0.3 is 0 Å². The first kappa shape index (κ1) is 21.0. The number of halogens is 2. The molecule has 3 aromatic carbocycles. The number of aryl methyl sites for hydroxylation is 2. The predicted octanol–water partition coefficient (Wildman–Crippen LogP) is 4.26. The molecule has 1 amide bonds. The van der Waals surface area contributed by atoms with Crippen LogP contribution in [0.25, 0.3) is 10.8 Å². The third-order valence-electron chi connectivity index (χ3n) is 6.49. The molecule has 0 bridgehead atoms. The Morgan fingerprint density at radius 3 is 2.38 bits per heavy atom. The van der Waals surface area contributed by atoms with Crippen molar-refractivity contribution >= 4 is 32.4 Å². The number of nitrogens with one attached hydrogen (secondary N) is 1. The fourth-order valence-corrected chi connectivity index (χ4v) is 6.22. The van der Waals surface area contributed by atoms with Crippen LogP contribution in [-0.2, 0) is 27.7 Å². The molecule has 0 aromatic heterocycles. The van der Waals surface area contributed by atoms with E-state index in [-0.39, 0.29) is 29.8 Å². The minimum Gasteiger partial charge on any atom is -0.325 e. The Morgan fingerprint density at radius 1 is 0.938 bits per heavy atom. The largest absolute Gasteiger partial charge is 0.325 e. The molecule has 0 atom stereocenters. The summed E-state index contributed by atoms with van der Waals surface area (Å²) in [6.45, 7) is 0.284. The van der Waals surface area contributed by atoms with Gasteiger partial charge in [0.05, 0.1) is 4.90 Å². The Labute approximate surface area is 185 Å². The molecule has 32 heavy (non-hydrogen) atoms. The Kier molecular flexibility index (Phi) is 5.22. The van der Waals surface area contributed by atoms with Crippen LogP contribution in [0.4, 0.5) is 14.5 Å². The molecule has 1 aliphatic carbocycles. The van der Waals surface area contributed by atoms with Gasteiger partial charge in [-0.05, 0) is 66.5 Å². The Morgan fingerprint density at radius 2 is 1.66 bits per heavy atom. The zero-order valence-corrected chi connectivity index (χ0v) is 18.1. The summed E-state index contributed by atoms with van der Waals surface area (Å²) in [5.74, 6) is -2.75. The van der Waals surface area contributed by atoms with Gasteiger partial charge < -0.3 is 5.32 Å². The monoisotopic (exact) mass is 456 g/mol. The van der Waals surface area contributed by atoms with E-state index in [1.165, 1.54) is 20.8 Å². The lowest BCUT2D eigenvalue weighted by Crippen LogP contribution is -2.41. The highest BCUT2D eigenvalue weighted by Gasteiger charge is 2.33. The van der Waals surface area contributed by atoms with Crippen molar-refractivity contribution in [1.82, 2.24) is 4.31 Å². The van der Waals surface area contributed by atoms with Gasteiger partial charge in [-0.15, -0.1) is 0 Å². The molecule has 1 N–H and O–H groups in total. The second-order valence-electron chi connectivity index (χ2n) is 8.36. The highest BCUT2D eigenvalue weighted by molar-refractivity contribution is 7.89. The molecule has 1 heterocycles. The molecular formula is C24H22F2N2O3S. The van der Waals surface area contributed by atoms with Crippen molar-refractivity contribution in [3.63, 3.8) is 0 Å². The summed E-state index contributed by atoms with van der Waals surface area (Å²) in [5.41, 5.74) is 3.36. The molecular weight excluding hydrogens is 434 g/mol. The normalized spacial score (nSPS) is 17.1. The molecule has 1 aliphatic heterocycles. The van der Waals surface area contributed by atoms with E-state index >= 15 is 0 Å². The topological polar surface area (TPSA) is 66.5 Å². The minimum atomic E-state index is -3.95. The van der Waals surface area contributed by atoms with Gasteiger partial charge in [-0.3, -0.25) is 4.79 Å². The summed E-state index contributed by atoms with van der Waals surface area (Å²) in [6, 6.07) is 12.7. The van der Waals surface area contributed by atoms with Crippen molar-refractivity contribution < 1.29 is 22.0 Å². The zero-order valence-electron chi connectivity index (χ0n) is 17.3. The highest BCUT2D eigenvalue weighted by Crippen LogP contribution is 2.35. The summed E-state index contributed by atoms with van der Waals surface area (Å²) in [7, 11) is -3.95. The second-order valence-corrected chi connectivity index (χ2v) is 10.3. The second kappa shape index (κ2) is 7.94. The van der Waals surface area contributed by atoms with E-state index in [2.05, 4.69) is 17.4 Å². The van der Waals surface area contributed by atoms with E-state index in [4.69, 9.17) is 0 Å². The average molecular weight is 457 g/mol. The maximum Gasteiger partial charge on any atom is 0.243 e. The molecule has 166 valence electrons.